The van der Waals surface area contributed by atoms with Crippen LogP contribution in [-0.2, 0) is 6.42 Å². The van der Waals surface area contributed by atoms with Gasteiger partial charge in [0.05, 0.1) is 6.26 Å². The predicted molar refractivity (Wildman–Crippen MR) is 84.6 cm³/mol. The molecule has 4 heteroatoms. The summed E-state index contributed by atoms with van der Waals surface area (Å²) in [5, 5.41) is 4.91. The van der Waals surface area contributed by atoms with Gasteiger partial charge in [0.15, 0.2) is 0 Å². The molecule has 20 heavy (non-hydrogen) atoms. The van der Waals surface area contributed by atoms with E-state index in [4.69, 9.17) is 27.6 Å². The molecule has 0 aliphatic heterocycles. The molecular formula is C16H19Cl2NO. The highest BCUT2D eigenvalue weighted by Crippen LogP contribution is 2.27. The number of furan rings is 1. The van der Waals surface area contributed by atoms with Gasteiger partial charge in [-0.05, 0) is 50.1 Å². The zero-order valence-electron chi connectivity index (χ0n) is 11.7. The second-order valence-corrected chi connectivity index (χ2v) is 5.78. The van der Waals surface area contributed by atoms with Crippen LogP contribution in [0.2, 0.25) is 10.0 Å². The Bertz CT molecular complexity index is 565. The Kier molecular flexibility index (Phi) is 5.53. The van der Waals surface area contributed by atoms with Gasteiger partial charge < -0.3 is 9.73 Å². The lowest BCUT2D eigenvalue weighted by atomic mass is 10.0. The third-order valence-electron chi connectivity index (χ3n) is 3.23. The van der Waals surface area contributed by atoms with Gasteiger partial charge in [-0.15, -0.1) is 0 Å². The highest BCUT2D eigenvalue weighted by molar-refractivity contribution is 6.35. The Labute approximate surface area is 130 Å². The third-order valence-corrected chi connectivity index (χ3v) is 3.82. The van der Waals surface area contributed by atoms with E-state index in [1.807, 2.05) is 25.3 Å². The zero-order valence-corrected chi connectivity index (χ0v) is 13.3. The van der Waals surface area contributed by atoms with Crippen LogP contribution in [0.4, 0.5) is 0 Å². The van der Waals surface area contributed by atoms with Crippen LogP contribution >= 0.6 is 23.2 Å². The molecule has 1 aromatic carbocycles. The van der Waals surface area contributed by atoms with E-state index in [2.05, 4.69) is 18.3 Å². The Hall–Kier alpha value is -0.960. The van der Waals surface area contributed by atoms with Crippen molar-refractivity contribution in [1.82, 2.24) is 5.32 Å². The maximum atomic E-state index is 6.26. The second kappa shape index (κ2) is 7.16. The molecule has 108 valence electrons. The van der Waals surface area contributed by atoms with Crippen molar-refractivity contribution in [3.8, 4) is 0 Å². The average molecular weight is 312 g/mol. The van der Waals surface area contributed by atoms with Crippen LogP contribution in [0.1, 0.15) is 36.3 Å². The largest absolute Gasteiger partial charge is 0.469 e. The molecule has 1 aromatic heterocycles. The third kappa shape index (κ3) is 4.02. The van der Waals surface area contributed by atoms with Crippen molar-refractivity contribution < 1.29 is 4.42 Å². The van der Waals surface area contributed by atoms with Crippen molar-refractivity contribution in [3.63, 3.8) is 0 Å². The van der Waals surface area contributed by atoms with Crippen molar-refractivity contribution in [2.45, 2.75) is 32.7 Å². The molecule has 0 radical (unpaired) electrons. The van der Waals surface area contributed by atoms with E-state index in [-0.39, 0.29) is 6.04 Å². The molecule has 1 unspecified atom stereocenters. The van der Waals surface area contributed by atoms with Crippen LogP contribution in [0.3, 0.4) is 0 Å². The van der Waals surface area contributed by atoms with Crippen LogP contribution in [0, 0.1) is 6.92 Å². The minimum Gasteiger partial charge on any atom is -0.469 e. The molecule has 2 aromatic rings. The molecule has 0 aliphatic rings. The van der Waals surface area contributed by atoms with Crippen LogP contribution < -0.4 is 5.32 Å². The molecule has 2 rings (SSSR count). The van der Waals surface area contributed by atoms with E-state index in [1.165, 1.54) is 0 Å². The van der Waals surface area contributed by atoms with Crippen molar-refractivity contribution >= 4 is 23.2 Å². The first-order valence-corrected chi connectivity index (χ1v) is 7.58. The van der Waals surface area contributed by atoms with Crippen LogP contribution in [-0.4, -0.2) is 6.54 Å². The standard InChI is InChI=1S/C16H19Cl2NO/c1-3-6-19-16(13-7-11(2)20-10-13)8-12-4-5-14(17)9-15(12)18/h4-5,7,9-10,16,19H,3,6,8H2,1-2H3. The van der Waals surface area contributed by atoms with Gasteiger partial charge in [-0.2, -0.15) is 0 Å². The molecule has 0 saturated heterocycles. The number of halogens is 2. The summed E-state index contributed by atoms with van der Waals surface area (Å²) in [6, 6.07) is 7.91. The van der Waals surface area contributed by atoms with E-state index < -0.39 is 0 Å². The van der Waals surface area contributed by atoms with Gasteiger partial charge in [-0.1, -0.05) is 36.2 Å². The van der Waals surface area contributed by atoms with Gasteiger partial charge >= 0.3 is 0 Å². The van der Waals surface area contributed by atoms with Crippen LogP contribution in [0.25, 0.3) is 0 Å². The average Bonchev–Trinajstić information content (AvgIpc) is 2.83. The maximum absolute atomic E-state index is 6.26. The van der Waals surface area contributed by atoms with E-state index in [0.29, 0.717) is 10.0 Å². The number of hydrogen-bond donors (Lipinski definition) is 1. The molecule has 1 atom stereocenters. The Balaban J connectivity index is 2.18. The van der Waals surface area contributed by atoms with E-state index in [1.54, 1.807) is 6.07 Å². The Morgan fingerprint density at radius 1 is 1.25 bits per heavy atom. The molecule has 0 bridgehead atoms. The number of aryl methyl sites for hydroxylation is 1. The van der Waals surface area contributed by atoms with E-state index >= 15 is 0 Å². The predicted octanol–water partition coefficient (Wildman–Crippen LogP) is 5.18. The number of rotatable bonds is 6. The first-order chi connectivity index (χ1) is 9.60. The SMILES string of the molecule is CCCNC(Cc1ccc(Cl)cc1Cl)c1coc(C)c1. The van der Waals surface area contributed by atoms with Crippen LogP contribution in [0.5, 0.6) is 0 Å². The van der Waals surface area contributed by atoms with E-state index in [0.717, 1.165) is 36.3 Å². The monoisotopic (exact) mass is 311 g/mol. The smallest absolute Gasteiger partial charge is 0.101 e. The van der Waals surface area contributed by atoms with Crippen molar-refractivity contribution in [2.75, 3.05) is 6.54 Å². The van der Waals surface area contributed by atoms with Gasteiger partial charge in [-0.3, -0.25) is 0 Å². The van der Waals surface area contributed by atoms with E-state index in [9.17, 15) is 0 Å². The first-order valence-electron chi connectivity index (χ1n) is 6.82. The van der Waals surface area contributed by atoms with Crippen molar-refractivity contribution in [1.29, 1.82) is 0 Å². The summed E-state index contributed by atoms with van der Waals surface area (Å²) >= 11 is 12.2. The maximum Gasteiger partial charge on any atom is 0.101 e. The fourth-order valence-electron chi connectivity index (χ4n) is 2.18. The molecule has 0 amide bonds. The normalized spacial score (nSPS) is 12.6. The molecular weight excluding hydrogens is 293 g/mol. The fourth-order valence-corrected chi connectivity index (χ4v) is 2.67. The minimum atomic E-state index is 0.200. The fraction of sp³-hybridized carbons (Fsp3) is 0.375. The highest BCUT2D eigenvalue weighted by Gasteiger charge is 2.15. The van der Waals surface area contributed by atoms with Gasteiger partial charge in [0.2, 0.25) is 0 Å². The summed E-state index contributed by atoms with van der Waals surface area (Å²) in [6.07, 6.45) is 3.71. The van der Waals surface area contributed by atoms with Crippen molar-refractivity contribution in [2.24, 2.45) is 0 Å². The summed E-state index contributed by atoms with van der Waals surface area (Å²) < 4.78 is 5.42. The number of hydrogen-bond acceptors (Lipinski definition) is 2. The summed E-state index contributed by atoms with van der Waals surface area (Å²) in [6.45, 7) is 5.07. The Morgan fingerprint density at radius 2 is 2.05 bits per heavy atom. The quantitative estimate of drug-likeness (QED) is 0.795. The lowest BCUT2D eigenvalue weighted by molar-refractivity contribution is 0.503. The second-order valence-electron chi connectivity index (χ2n) is 4.94. The highest BCUT2D eigenvalue weighted by atomic mass is 35.5. The number of benzene rings is 1. The topological polar surface area (TPSA) is 25.2 Å². The molecule has 1 N–H and O–H groups in total. The zero-order chi connectivity index (χ0) is 14.5. The van der Waals surface area contributed by atoms with Crippen LogP contribution in [0.15, 0.2) is 34.9 Å². The molecule has 2 nitrogen and oxygen atoms in total. The summed E-state index contributed by atoms with van der Waals surface area (Å²) in [5.74, 6) is 0.922. The Morgan fingerprint density at radius 3 is 2.65 bits per heavy atom. The molecule has 0 fully saturated rings. The number of nitrogens with one attached hydrogen (secondary N) is 1. The summed E-state index contributed by atoms with van der Waals surface area (Å²) in [4.78, 5) is 0. The van der Waals surface area contributed by atoms with Gasteiger partial charge in [0.25, 0.3) is 0 Å². The van der Waals surface area contributed by atoms with Gasteiger partial charge in [0.1, 0.15) is 5.76 Å². The lowest BCUT2D eigenvalue weighted by Crippen LogP contribution is -2.23. The van der Waals surface area contributed by atoms with Gasteiger partial charge in [-0.25, -0.2) is 0 Å². The molecule has 0 spiro atoms. The molecule has 1 heterocycles. The molecule has 0 saturated carbocycles. The summed E-state index contributed by atoms with van der Waals surface area (Å²) in [5.41, 5.74) is 2.24. The van der Waals surface area contributed by atoms with Crippen molar-refractivity contribution in [3.05, 3.63) is 57.5 Å². The minimum absolute atomic E-state index is 0.200. The lowest BCUT2D eigenvalue weighted by Gasteiger charge is -2.18. The van der Waals surface area contributed by atoms with Gasteiger partial charge in [0, 0.05) is 21.7 Å². The summed E-state index contributed by atoms with van der Waals surface area (Å²) in [7, 11) is 0. The molecule has 0 aliphatic carbocycles. The first kappa shape index (κ1) is 15.4.